The summed E-state index contributed by atoms with van der Waals surface area (Å²) in [5.41, 5.74) is 0.432. The van der Waals surface area contributed by atoms with Crippen molar-refractivity contribution in [2.24, 2.45) is 0 Å². The summed E-state index contributed by atoms with van der Waals surface area (Å²) in [5, 5.41) is 12.2. The van der Waals surface area contributed by atoms with Crippen LogP contribution < -0.4 is 4.72 Å². The van der Waals surface area contributed by atoms with Gasteiger partial charge < -0.3 is 5.11 Å². The Bertz CT molecular complexity index is 640. The van der Waals surface area contributed by atoms with Gasteiger partial charge in [0, 0.05) is 32.3 Å². The molecule has 0 aliphatic carbocycles. The number of aliphatic hydroxyl groups excluding tert-OH is 1. The van der Waals surface area contributed by atoms with Gasteiger partial charge in [0.15, 0.2) is 0 Å². The molecule has 0 aromatic heterocycles. The lowest BCUT2D eigenvalue weighted by molar-refractivity contribution is 0.278. The molecule has 0 aliphatic rings. The van der Waals surface area contributed by atoms with Gasteiger partial charge >= 0.3 is 0 Å². The summed E-state index contributed by atoms with van der Waals surface area (Å²) in [6.45, 7) is 4.94. The van der Waals surface area contributed by atoms with E-state index in [1.54, 1.807) is 32.9 Å². The van der Waals surface area contributed by atoms with E-state index in [1.165, 1.54) is 15.0 Å². The minimum absolute atomic E-state index is 0.0857. The first-order valence-electron chi connectivity index (χ1n) is 5.76. The number of sulfonamides is 1. The quantitative estimate of drug-likeness (QED) is 0.578. The van der Waals surface area contributed by atoms with Crippen LogP contribution in [-0.2, 0) is 16.6 Å². The van der Waals surface area contributed by atoms with Crippen LogP contribution in [0.15, 0.2) is 23.1 Å². The summed E-state index contributed by atoms with van der Waals surface area (Å²) in [7, 11) is -2.32. The highest BCUT2D eigenvalue weighted by Gasteiger charge is 2.24. The number of hydrogen-bond donors (Lipinski definition) is 2. The highest BCUT2D eigenvalue weighted by atomic mass is 127. The zero-order valence-corrected chi connectivity index (χ0v) is 15.2. The topological polar surface area (TPSA) is 66.4 Å². The third-order valence-corrected chi connectivity index (χ3v) is 4.89. The van der Waals surface area contributed by atoms with Gasteiger partial charge in [0.05, 0.1) is 11.5 Å². The monoisotopic (exact) mass is 425 g/mol. The Hall–Kier alpha value is -0.270. The molecule has 20 heavy (non-hydrogen) atoms. The second-order valence-electron chi connectivity index (χ2n) is 5.14. The van der Waals surface area contributed by atoms with Crippen LogP contribution in [0.4, 0.5) is 0 Å². The molecule has 0 unspecified atom stereocenters. The van der Waals surface area contributed by atoms with E-state index >= 15 is 0 Å². The Kier molecular flexibility index (Phi) is 6.34. The first-order valence-corrected chi connectivity index (χ1v) is 10.6. The van der Waals surface area contributed by atoms with Gasteiger partial charge in [0.25, 0.3) is 0 Å². The number of aliphatic hydroxyl groups is 1. The van der Waals surface area contributed by atoms with Gasteiger partial charge in [0.1, 0.15) is 0 Å². The Balaban J connectivity index is 3.26. The van der Waals surface area contributed by atoms with Gasteiger partial charge in [-0.2, -0.15) is 0 Å². The van der Waals surface area contributed by atoms with E-state index in [-0.39, 0.29) is 11.5 Å². The van der Waals surface area contributed by atoms with Crippen LogP contribution in [0.25, 0.3) is 0 Å². The summed E-state index contributed by atoms with van der Waals surface area (Å²) < 4.78 is 27.1. The molecule has 0 aliphatic heterocycles. The average molecular weight is 425 g/mol. The van der Waals surface area contributed by atoms with Crippen molar-refractivity contribution in [2.45, 2.75) is 37.8 Å². The molecular weight excluding hydrogens is 409 g/mol. The van der Waals surface area contributed by atoms with Crippen molar-refractivity contribution in [3.05, 3.63) is 29.3 Å². The fraction of sp³-hybridized carbons (Fsp3) is 0.385. The van der Waals surface area contributed by atoms with E-state index < -0.39 is 15.6 Å². The minimum atomic E-state index is -3.66. The molecule has 2 N–H and O–H groups in total. The molecule has 0 atom stereocenters. The van der Waals surface area contributed by atoms with E-state index in [0.29, 0.717) is 11.1 Å². The molecule has 7 heteroatoms. The van der Waals surface area contributed by atoms with Crippen LogP contribution in [0, 0.1) is 11.2 Å². The Labute approximate surface area is 136 Å². The molecule has 0 saturated heterocycles. The lowest BCUT2D eigenvalue weighted by Crippen LogP contribution is -2.40. The molecule has 0 saturated carbocycles. The molecule has 0 bridgehead atoms. The number of halogens is 1. The van der Waals surface area contributed by atoms with Crippen LogP contribution in [0.1, 0.15) is 31.9 Å². The van der Waals surface area contributed by atoms with Gasteiger partial charge in [0.2, 0.25) is 10.0 Å². The summed E-state index contributed by atoms with van der Waals surface area (Å²) in [6.07, 6.45) is 0. The van der Waals surface area contributed by atoms with Gasteiger partial charge in [-0.25, -0.2) is 13.1 Å². The number of benzene rings is 1. The fourth-order valence-corrected chi connectivity index (χ4v) is 3.70. The number of rotatable bonds is 3. The van der Waals surface area contributed by atoms with Crippen molar-refractivity contribution in [1.82, 2.24) is 4.72 Å². The van der Waals surface area contributed by atoms with Crippen LogP contribution >= 0.6 is 30.1 Å². The van der Waals surface area contributed by atoms with Crippen molar-refractivity contribution in [1.29, 1.82) is 0 Å². The lowest BCUT2D eigenvalue weighted by Gasteiger charge is -2.21. The first kappa shape index (κ1) is 17.8. The number of nitrogens with one attached hydrogen (secondary N) is 1. The second kappa shape index (κ2) is 7.13. The maximum Gasteiger partial charge on any atom is 0.241 e. The SMILES string of the molecule is CC(C)(C)NS(=O)(=O)c1ccc(C#CSI)cc1CO. The third kappa shape index (κ3) is 5.26. The van der Waals surface area contributed by atoms with Crippen molar-refractivity contribution in [2.75, 3.05) is 0 Å². The summed E-state index contributed by atoms with van der Waals surface area (Å²) >= 11 is 2.05. The highest BCUT2D eigenvalue weighted by molar-refractivity contribution is 14.2. The van der Waals surface area contributed by atoms with Crippen molar-refractivity contribution in [3.8, 4) is 11.2 Å². The van der Waals surface area contributed by atoms with Crippen LogP contribution in [0.5, 0.6) is 0 Å². The summed E-state index contributed by atoms with van der Waals surface area (Å²) in [6, 6.07) is 4.70. The fourth-order valence-electron chi connectivity index (χ4n) is 1.58. The number of hydrogen-bond acceptors (Lipinski definition) is 4. The van der Waals surface area contributed by atoms with E-state index in [9.17, 15) is 13.5 Å². The van der Waals surface area contributed by atoms with Crippen LogP contribution in [0.3, 0.4) is 0 Å². The Morgan fingerprint density at radius 1 is 1.40 bits per heavy atom. The van der Waals surface area contributed by atoms with Crippen molar-refractivity contribution in [3.63, 3.8) is 0 Å². The molecule has 4 nitrogen and oxygen atoms in total. The molecule has 1 rings (SSSR count). The largest absolute Gasteiger partial charge is 0.392 e. The molecule has 1 aromatic carbocycles. The molecule has 0 heterocycles. The normalized spacial score (nSPS) is 11.8. The molecular formula is C13H16INO3S2. The molecule has 0 radical (unpaired) electrons. The minimum Gasteiger partial charge on any atom is -0.392 e. The zero-order chi connectivity index (χ0) is 15.4. The lowest BCUT2D eigenvalue weighted by atomic mass is 10.1. The predicted molar refractivity (Wildman–Crippen MR) is 90.9 cm³/mol. The zero-order valence-electron chi connectivity index (χ0n) is 11.4. The second-order valence-corrected chi connectivity index (χ2v) is 8.47. The van der Waals surface area contributed by atoms with Crippen molar-refractivity contribution < 1.29 is 13.5 Å². The van der Waals surface area contributed by atoms with E-state index in [2.05, 4.69) is 37.1 Å². The van der Waals surface area contributed by atoms with E-state index in [0.717, 1.165) is 0 Å². The first-order chi connectivity index (χ1) is 9.19. The van der Waals surface area contributed by atoms with Crippen LogP contribution in [-0.4, -0.2) is 19.1 Å². The standard InChI is InChI=1S/C13H16INO3S2/c1-13(2,3)15-20(17,18)12-5-4-10(6-7-19-14)8-11(12)9-16/h4-5,8,15-16H,9H2,1-3H3. The van der Waals surface area contributed by atoms with E-state index in [1.807, 2.05) is 0 Å². The van der Waals surface area contributed by atoms with Gasteiger partial charge in [-0.3, -0.25) is 0 Å². The van der Waals surface area contributed by atoms with Crippen LogP contribution in [0.2, 0.25) is 0 Å². The highest BCUT2D eigenvalue weighted by Crippen LogP contribution is 2.20. The Morgan fingerprint density at radius 3 is 2.55 bits per heavy atom. The average Bonchev–Trinajstić information content (AvgIpc) is 2.33. The Morgan fingerprint density at radius 2 is 2.05 bits per heavy atom. The van der Waals surface area contributed by atoms with E-state index in [4.69, 9.17) is 0 Å². The molecule has 0 spiro atoms. The van der Waals surface area contributed by atoms with Gasteiger partial charge in [-0.1, -0.05) is 5.92 Å². The van der Waals surface area contributed by atoms with Crippen molar-refractivity contribution >= 4 is 40.2 Å². The maximum atomic E-state index is 12.3. The predicted octanol–water partition coefficient (Wildman–Crippen LogP) is 2.65. The molecule has 0 fully saturated rings. The summed E-state index contributed by atoms with van der Waals surface area (Å²) in [5.74, 6) is 2.88. The third-order valence-electron chi connectivity index (χ3n) is 2.19. The molecule has 0 amide bonds. The molecule has 1 aromatic rings. The van der Waals surface area contributed by atoms with Gasteiger partial charge in [-0.15, -0.1) is 0 Å². The van der Waals surface area contributed by atoms with Gasteiger partial charge in [-0.05, 0) is 58.7 Å². The smallest absolute Gasteiger partial charge is 0.241 e. The molecule has 110 valence electrons. The summed E-state index contributed by atoms with van der Waals surface area (Å²) in [4.78, 5) is 0.0857. The maximum absolute atomic E-state index is 12.3.